The second kappa shape index (κ2) is 1.94. The van der Waals surface area contributed by atoms with E-state index in [0.717, 1.165) is 6.54 Å². The molecule has 1 saturated carbocycles. The van der Waals surface area contributed by atoms with Crippen LogP contribution in [-0.2, 0) is 0 Å². The van der Waals surface area contributed by atoms with Gasteiger partial charge >= 0.3 is 0 Å². The van der Waals surface area contributed by atoms with E-state index in [4.69, 9.17) is 0 Å². The molecule has 0 aromatic carbocycles. The average Bonchev–Trinajstić information content (AvgIpc) is 2.45. The molecule has 1 heterocycles. The third-order valence-electron chi connectivity index (χ3n) is 2.40. The van der Waals surface area contributed by atoms with Crippen molar-refractivity contribution < 1.29 is 0 Å². The summed E-state index contributed by atoms with van der Waals surface area (Å²) in [7, 11) is 0. The average molecular weight is 127 g/mol. The number of rotatable bonds is 0. The molecule has 2 rings (SSSR count). The molecule has 1 aliphatic heterocycles. The van der Waals surface area contributed by atoms with Crippen molar-refractivity contribution in [2.45, 2.75) is 31.2 Å². The summed E-state index contributed by atoms with van der Waals surface area (Å²) in [5, 5.41) is 0. The molecule has 0 bridgehead atoms. The zero-order chi connectivity index (χ0) is 6.16. The Kier molecular flexibility index (Phi) is 1.22. The number of hydrogen-bond donors (Lipinski definition) is 3. The predicted molar refractivity (Wildman–Crippen MR) is 35.5 cm³/mol. The van der Waals surface area contributed by atoms with Crippen molar-refractivity contribution in [3.8, 4) is 0 Å². The van der Waals surface area contributed by atoms with Gasteiger partial charge in [-0.1, -0.05) is 12.8 Å². The Morgan fingerprint density at radius 3 is 2.44 bits per heavy atom. The smallest absolute Gasteiger partial charge is 0.0475 e. The molecule has 9 heavy (non-hydrogen) atoms. The molecule has 1 aliphatic carbocycles. The van der Waals surface area contributed by atoms with Crippen LogP contribution >= 0.6 is 0 Å². The number of nitrogens with one attached hydrogen (secondary N) is 3. The highest BCUT2D eigenvalue weighted by Gasteiger charge is 2.36. The van der Waals surface area contributed by atoms with E-state index >= 15 is 0 Å². The Balaban J connectivity index is 2.04. The van der Waals surface area contributed by atoms with E-state index in [9.17, 15) is 0 Å². The molecule has 1 saturated heterocycles. The molecule has 3 nitrogen and oxygen atoms in total. The lowest BCUT2D eigenvalue weighted by atomic mass is 10.0. The second-order valence-electron chi connectivity index (χ2n) is 3.09. The molecule has 3 N–H and O–H groups in total. The van der Waals surface area contributed by atoms with Crippen LogP contribution in [0.2, 0.25) is 0 Å². The van der Waals surface area contributed by atoms with E-state index < -0.39 is 0 Å². The first-order valence-electron chi connectivity index (χ1n) is 3.66. The Morgan fingerprint density at radius 1 is 1.11 bits per heavy atom. The Bertz CT molecular complexity index is 83.4. The third-order valence-corrected chi connectivity index (χ3v) is 2.40. The van der Waals surface area contributed by atoms with Gasteiger partial charge in [-0.15, -0.1) is 0 Å². The van der Waals surface area contributed by atoms with Crippen molar-refractivity contribution >= 4 is 0 Å². The van der Waals surface area contributed by atoms with Crippen LogP contribution in [0.4, 0.5) is 0 Å². The largest absolute Gasteiger partial charge is 0.242 e. The van der Waals surface area contributed by atoms with E-state index in [1.165, 1.54) is 25.7 Å². The van der Waals surface area contributed by atoms with Crippen LogP contribution in [-0.4, -0.2) is 12.1 Å². The lowest BCUT2D eigenvalue weighted by molar-refractivity contribution is 0.384. The van der Waals surface area contributed by atoms with E-state index in [1.54, 1.807) is 0 Å². The first-order chi connectivity index (χ1) is 4.41. The fourth-order valence-electron chi connectivity index (χ4n) is 1.79. The molecule has 1 spiro atoms. The molecule has 2 aliphatic rings. The maximum Gasteiger partial charge on any atom is 0.0475 e. The molecule has 52 valence electrons. The fourth-order valence-corrected chi connectivity index (χ4v) is 1.79. The summed E-state index contributed by atoms with van der Waals surface area (Å²) < 4.78 is 0. The van der Waals surface area contributed by atoms with Crippen LogP contribution in [0.25, 0.3) is 0 Å². The van der Waals surface area contributed by atoms with Gasteiger partial charge in [-0.3, -0.25) is 0 Å². The first-order valence-corrected chi connectivity index (χ1v) is 3.66. The highest BCUT2D eigenvalue weighted by atomic mass is 15.7. The van der Waals surface area contributed by atoms with Gasteiger partial charge in [0.1, 0.15) is 0 Å². The van der Waals surface area contributed by atoms with Crippen LogP contribution in [0.5, 0.6) is 0 Å². The summed E-state index contributed by atoms with van der Waals surface area (Å²) in [6, 6.07) is 0. The van der Waals surface area contributed by atoms with Gasteiger partial charge in [-0.2, -0.15) is 5.53 Å². The highest BCUT2D eigenvalue weighted by Crippen LogP contribution is 2.29. The predicted octanol–water partition coefficient (Wildman–Crippen LogP) is -0.0884. The van der Waals surface area contributed by atoms with Crippen LogP contribution in [0.15, 0.2) is 0 Å². The monoisotopic (exact) mass is 127 g/mol. The van der Waals surface area contributed by atoms with E-state index in [-0.39, 0.29) is 0 Å². The summed E-state index contributed by atoms with van der Waals surface area (Å²) >= 11 is 0. The van der Waals surface area contributed by atoms with Crippen molar-refractivity contribution in [1.82, 2.24) is 16.4 Å². The molecule has 0 amide bonds. The number of hydrazine groups is 2. The van der Waals surface area contributed by atoms with Crippen LogP contribution in [0.1, 0.15) is 25.7 Å². The summed E-state index contributed by atoms with van der Waals surface area (Å²) in [5.41, 5.74) is 9.74. The fraction of sp³-hybridized carbons (Fsp3) is 1.00. The third kappa shape index (κ3) is 0.852. The molecular weight excluding hydrogens is 114 g/mol. The standard InChI is InChI=1S/C6H13N3/c1-2-4-6(3-1)5-7-9-8-6/h7-9H,1-5H2. The van der Waals surface area contributed by atoms with Crippen LogP contribution in [0.3, 0.4) is 0 Å². The minimum absolute atomic E-state index is 0.417. The minimum Gasteiger partial charge on any atom is -0.242 e. The minimum atomic E-state index is 0.417. The van der Waals surface area contributed by atoms with Gasteiger partial charge in [0, 0.05) is 12.1 Å². The van der Waals surface area contributed by atoms with Gasteiger partial charge in [0.15, 0.2) is 0 Å². The lowest BCUT2D eigenvalue weighted by Gasteiger charge is -2.19. The quantitative estimate of drug-likeness (QED) is 0.425. The summed E-state index contributed by atoms with van der Waals surface area (Å²) in [5.74, 6) is 0. The van der Waals surface area contributed by atoms with Crippen molar-refractivity contribution in [2.75, 3.05) is 6.54 Å². The first kappa shape index (κ1) is 5.65. The van der Waals surface area contributed by atoms with Crippen LogP contribution < -0.4 is 16.4 Å². The van der Waals surface area contributed by atoms with E-state index in [0.29, 0.717) is 5.54 Å². The second-order valence-corrected chi connectivity index (χ2v) is 3.09. The normalized spacial score (nSPS) is 32.0. The molecule has 0 atom stereocenters. The van der Waals surface area contributed by atoms with Gasteiger partial charge in [-0.25, -0.2) is 10.9 Å². The zero-order valence-electron chi connectivity index (χ0n) is 5.54. The van der Waals surface area contributed by atoms with Crippen molar-refractivity contribution in [1.29, 1.82) is 0 Å². The lowest BCUT2D eigenvalue weighted by Crippen LogP contribution is -2.42. The van der Waals surface area contributed by atoms with Crippen molar-refractivity contribution in [3.05, 3.63) is 0 Å². The maximum atomic E-state index is 3.27. The molecule has 3 heteroatoms. The van der Waals surface area contributed by atoms with Crippen LogP contribution in [0, 0.1) is 0 Å². The number of hydrogen-bond acceptors (Lipinski definition) is 3. The molecule has 2 fully saturated rings. The summed E-state index contributed by atoms with van der Waals surface area (Å²) in [6.45, 7) is 1.09. The highest BCUT2D eigenvalue weighted by molar-refractivity contribution is 4.95. The SMILES string of the molecule is C1CCC2(C1)CNNN2. The zero-order valence-corrected chi connectivity index (χ0v) is 5.54. The summed E-state index contributed by atoms with van der Waals surface area (Å²) in [4.78, 5) is 0. The summed E-state index contributed by atoms with van der Waals surface area (Å²) in [6.07, 6.45) is 5.42. The van der Waals surface area contributed by atoms with Gasteiger partial charge in [0.2, 0.25) is 0 Å². The Hall–Kier alpha value is -0.120. The Morgan fingerprint density at radius 2 is 1.89 bits per heavy atom. The maximum absolute atomic E-state index is 3.27. The van der Waals surface area contributed by atoms with E-state index in [2.05, 4.69) is 16.4 Å². The van der Waals surface area contributed by atoms with Gasteiger partial charge in [0.05, 0.1) is 0 Å². The molecule has 0 aromatic heterocycles. The topological polar surface area (TPSA) is 36.1 Å². The Labute approximate surface area is 55.1 Å². The van der Waals surface area contributed by atoms with E-state index in [1.807, 2.05) is 0 Å². The molecule has 0 radical (unpaired) electrons. The molecule has 0 unspecified atom stereocenters. The van der Waals surface area contributed by atoms with Gasteiger partial charge in [0.25, 0.3) is 0 Å². The van der Waals surface area contributed by atoms with Gasteiger partial charge < -0.3 is 0 Å². The molecule has 0 aromatic rings. The van der Waals surface area contributed by atoms with Crippen molar-refractivity contribution in [3.63, 3.8) is 0 Å². The van der Waals surface area contributed by atoms with Crippen molar-refractivity contribution in [2.24, 2.45) is 0 Å². The van der Waals surface area contributed by atoms with Gasteiger partial charge in [-0.05, 0) is 12.8 Å². The molecular formula is C6H13N3.